The van der Waals surface area contributed by atoms with E-state index in [1.807, 2.05) is 36.1 Å². The lowest BCUT2D eigenvalue weighted by Gasteiger charge is -2.40. The maximum atomic E-state index is 15.4. The number of oxazole rings is 1. The van der Waals surface area contributed by atoms with Gasteiger partial charge in [-0.3, -0.25) is 4.79 Å². The van der Waals surface area contributed by atoms with Crippen molar-refractivity contribution in [2.45, 2.75) is 31.9 Å². The van der Waals surface area contributed by atoms with E-state index in [0.29, 0.717) is 29.8 Å². The summed E-state index contributed by atoms with van der Waals surface area (Å²) in [6, 6.07) is 10.6. The van der Waals surface area contributed by atoms with Crippen molar-refractivity contribution in [3.05, 3.63) is 60.2 Å². The number of halogens is 1. The Kier molecular flexibility index (Phi) is 4.85. The topological polar surface area (TPSA) is 86.3 Å². The lowest BCUT2D eigenvalue weighted by molar-refractivity contribution is 0.106. The molecule has 0 radical (unpaired) electrons. The maximum Gasteiger partial charge on any atom is 0.394 e. The molecule has 0 saturated carbocycles. The number of piperidine rings is 1. The Bertz CT molecular complexity index is 1190. The third-order valence-corrected chi connectivity index (χ3v) is 5.64. The van der Waals surface area contributed by atoms with Crippen molar-refractivity contribution >= 4 is 23.1 Å². The summed E-state index contributed by atoms with van der Waals surface area (Å²) >= 11 is 0. The fourth-order valence-electron chi connectivity index (χ4n) is 4.06. The Morgan fingerprint density at radius 3 is 2.71 bits per heavy atom. The van der Waals surface area contributed by atoms with Crippen LogP contribution in [0.4, 0.5) is 10.1 Å². The zero-order valence-electron chi connectivity index (χ0n) is 16.8. The smallest absolute Gasteiger partial charge is 0.394 e. The summed E-state index contributed by atoms with van der Waals surface area (Å²) in [5.74, 6) is -0.598. The van der Waals surface area contributed by atoms with Gasteiger partial charge in [0.05, 0.1) is 35.4 Å². The molecule has 4 aromatic rings. The zero-order valence-corrected chi connectivity index (χ0v) is 16.8. The summed E-state index contributed by atoms with van der Waals surface area (Å²) in [7, 11) is 0. The zero-order chi connectivity index (χ0) is 21.4. The number of nitrogens with zero attached hydrogens (tertiary/aromatic N) is 5. The highest BCUT2D eigenvalue weighted by molar-refractivity contribution is 5.83. The SMILES string of the molecule is C[C@H]1[C@H](Oc2nc3ccccc3o2)CCCN1c1ccc(-n2nccn2)c(C=O)c1F. The molecular formula is C22H20FN5O3. The molecule has 0 amide bonds. The van der Waals surface area contributed by atoms with Crippen LogP contribution in [0.3, 0.4) is 0 Å². The number of para-hydroxylation sites is 2. The second-order valence-electron chi connectivity index (χ2n) is 7.45. The summed E-state index contributed by atoms with van der Waals surface area (Å²) in [6.45, 7) is 2.61. The van der Waals surface area contributed by atoms with Crippen LogP contribution in [0.1, 0.15) is 30.1 Å². The van der Waals surface area contributed by atoms with E-state index in [2.05, 4.69) is 15.2 Å². The Balaban J connectivity index is 1.43. The summed E-state index contributed by atoms with van der Waals surface area (Å²) < 4.78 is 27.1. The van der Waals surface area contributed by atoms with Crippen molar-refractivity contribution in [1.29, 1.82) is 0 Å². The molecule has 1 aliphatic rings. The largest absolute Gasteiger partial charge is 0.445 e. The lowest BCUT2D eigenvalue weighted by atomic mass is 9.98. The van der Waals surface area contributed by atoms with E-state index in [9.17, 15) is 4.79 Å². The molecule has 0 unspecified atom stereocenters. The molecular weight excluding hydrogens is 401 g/mol. The molecule has 2 aromatic carbocycles. The predicted octanol–water partition coefficient (Wildman–Crippen LogP) is 3.80. The monoisotopic (exact) mass is 421 g/mol. The fourth-order valence-corrected chi connectivity index (χ4v) is 4.06. The number of hydrogen-bond acceptors (Lipinski definition) is 7. The molecule has 5 rings (SSSR count). The van der Waals surface area contributed by atoms with Crippen LogP contribution in [0.25, 0.3) is 16.8 Å². The molecule has 2 atom stereocenters. The van der Waals surface area contributed by atoms with Gasteiger partial charge < -0.3 is 14.1 Å². The highest BCUT2D eigenvalue weighted by atomic mass is 19.1. The van der Waals surface area contributed by atoms with Gasteiger partial charge in [-0.05, 0) is 44.0 Å². The molecule has 1 aliphatic heterocycles. The number of ether oxygens (including phenoxy) is 1. The molecule has 2 aromatic heterocycles. The highest BCUT2D eigenvalue weighted by Gasteiger charge is 2.33. The average molecular weight is 421 g/mol. The van der Waals surface area contributed by atoms with Crippen molar-refractivity contribution < 1.29 is 18.3 Å². The number of aldehydes is 1. The van der Waals surface area contributed by atoms with Gasteiger partial charge in [0.25, 0.3) is 0 Å². The summed E-state index contributed by atoms with van der Waals surface area (Å²) in [4.78, 5) is 19.2. The molecule has 1 saturated heterocycles. The molecule has 1 fully saturated rings. The minimum atomic E-state index is -0.598. The van der Waals surface area contributed by atoms with Gasteiger partial charge in [-0.25, -0.2) is 4.39 Å². The van der Waals surface area contributed by atoms with E-state index in [1.54, 1.807) is 12.1 Å². The van der Waals surface area contributed by atoms with Gasteiger partial charge in [-0.1, -0.05) is 12.1 Å². The van der Waals surface area contributed by atoms with Crippen LogP contribution in [0.15, 0.2) is 53.2 Å². The van der Waals surface area contributed by atoms with E-state index in [1.165, 1.54) is 17.2 Å². The van der Waals surface area contributed by atoms with Crippen molar-refractivity contribution in [3.8, 4) is 11.8 Å². The third-order valence-electron chi connectivity index (χ3n) is 5.64. The molecule has 0 spiro atoms. The first-order valence-corrected chi connectivity index (χ1v) is 10.1. The number of anilines is 1. The molecule has 8 nitrogen and oxygen atoms in total. The molecule has 9 heteroatoms. The quantitative estimate of drug-likeness (QED) is 0.453. The van der Waals surface area contributed by atoms with Crippen molar-refractivity contribution in [2.24, 2.45) is 0 Å². The third kappa shape index (κ3) is 3.41. The van der Waals surface area contributed by atoms with E-state index in [0.717, 1.165) is 18.4 Å². The summed E-state index contributed by atoms with van der Waals surface area (Å²) in [5, 5.41) is 8.00. The highest BCUT2D eigenvalue weighted by Crippen LogP contribution is 2.32. The predicted molar refractivity (Wildman–Crippen MR) is 111 cm³/mol. The van der Waals surface area contributed by atoms with Gasteiger partial charge in [0, 0.05) is 6.54 Å². The van der Waals surface area contributed by atoms with Gasteiger partial charge in [-0.2, -0.15) is 20.0 Å². The summed E-state index contributed by atoms with van der Waals surface area (Å²) in [6.07, 6.45) is 4.99. The first kappa shape index (κ1) is 19.2. The van der Waals surface area contributed by atoms with Crippen LogP contribution in [-0.4, -0.2) is 45.0 Å². The average Bonchev–Trinajstić information content (AvgIpc) is 3.45. The Morgan fingerprint density at radius 1 is 1.16 bits per heavy atom. The number of fused-ring (bicyclic) bond motifs is 1. The lowest BCUT2D eigenvalue weighted by Crippen LogP contribution is -2.49. The molecule has 158 valence electrons. The van der Waals surface area contributed by atoms with Crippen molar-refractivity contribution in [3.63, 3.8) is 0 Å². The van der Waals surface area contributed by atoms with Gasteiger partial charge in [-0.15, -0.1) is 0 Å². The van der Waals surface area contributed by atoms with Crippen LogP contribution in [0.2, 0.25) is 0 Å². The first-order chi connectivity index (χ1) is 15.2. The second-order valence-corrected chi connectivity index (χ2v) is 7.45. The minimum Gasteiger partial charge on any atom is -0.445 e. The summed E-state index contributed by atoms with van der Waals surface area (Å²) in [5.41, 5.74) is 1.94. The number of hydrogen-bond donors (Lipinski definition) is 0. The molecule has 31 heavy (non-hydrogen) atoms. The fraction of sp³-hybridized carbons (Fsp3) is 0.273. The number of rotatable bonds is 5. The number of carbonyl (C=O) groups excluding carboxylic acids is 1. The Hall–Kier alpha value is -3.75. The first-order valence-electron chi connectivity index (χ1n) is 10.1. The number of benzene rings is 2. The van der Waals surface area contributed by atoms with Crippen molar-refractivity contribution in [1.82, 2.24) is 20.0 Å². The Morgan fingerprint density at radius 2 is 1.94 bits per heavy atom. The number of carbonyl (C=O) groups is 1. The van der Waals surface area contributed by atoms with Crippen LogP contribution < -0.4 is 9.64 Å². The normalized spacial score (nSPS) is 19.0. The minimum absolute atomic E-state index is 0.0807. The van der Waals surface area contributed by atoms with E-state index >= 15 is 4.39 Å². The Labute approximate surface area is 177 Å². The van der Waals surface area contributed by atoms with E-state index < -0.39 is 5.82 Å². The standard InChI is InChI=1S/C22H20FN5O3/c1-14-19(30-22-26-16-5-2-3-6-20(16)31-22)7-4-12-27(14)18-9-8-17(15(13-29)21(18)23)28-24-10-11-25-28/h2-3,5-6,8-11,13-14,19H,4,7,12H2,1H3/t14-,19+/m0/s1. The molecule has 0 aliphatic carbocycles. The van der Waals surface area contributed by atoms with E-state index in [4.69, 9.17) is 9.15 Å². The molecule has 0 bridgehead atoms. The van der Waals surface area contributed by atoms with Crippen LogP contribution in [-0.2, 0) is 0 Å². The molecule has 3 heterocycles. The van der Waals surface area contributed by atoms with Gasteiger partial charge >= 0.3 is 6.08 Å². The maximum absolute atomic E-state index is 15.4. The molecule has 0 N–H and O–H groups in total. The second kappa shape index (κ2) is 7.82. The van der Waals surface area contributed by atoms with Gasteiger partial charge in [0.2, 0.25) is 0 Å². The van der Waals surface area contributed by atoms with Crippen LogP contribution in [0.5, 0.6) is 6.08 Å². The van der Waals surface area contributed by atoms with E-state index in [-0.39, 0.29) is 23.8 Å². The number of aromatic nitrogens is 4. The van der Waals surface area contributed by atoms with Gasteiger partial charge in [0.15, 0.2) is 17.7 Å². The van der Waals surface area contributed by atoms with Crippen molar-refractivity contribution in [2.75, 3.05) is 11.4 Å². The van der Waals surface area contributed by atoms with Crippen LogP contribution in [0, 0.1) is 5.82 Å². The van der Waals surface area contributed by atoms with Crippen LogP contribution >= 0.6 is 0 Å². The van der Waals surface area contributed by atoms with Gasteiger partial charge in [0.1, 0.15) is 11.6 Å².